The molecule has 0 saturated carbocycles. The molecule has 0 N–H and O–H groups in total. The molecular weight excluding hydrogens is 643 g/mol. The number of para-hydroxylation sites is 1. The van der Waals surface area contributed by atoms with Gasteiger partial charge in [0, 0.05) is 51.9 Å². The largest absolute Gasteiger partial charge is 0.355 e. The van der Waals surface area contributed by atoms with Crippen molar-refractivity contribution in [1.82, 2.24) is 18.8 Å². The molecule has 0 aliphatic carbocycles. The number of anilines is 2. The molecule has 2 fully saturated rings. The summed E-state index contributed by atoms with van der Waals surface area (Å²) < 4.78 is 5.17. The van der Waals surface area contributed by atoms with Gasteiger partial charge in [0.05, 0.1) is 16.3 Å². The number of hydrogen-bond acceptors (Lipinski definition) is 8. The molecular formula is C36H37N7O3S2. The summed E-state index contributed by atoms with van der Waals surface area (Å²) in [7, 11) is 1.77. The minimum absolute atomic E-state index is 0.0568. The maximum absolute atomic E-state index is 14.2. The maximum Gasteiger partial charge on any atom is 0.296 e. The number of aromatic nitrogens is 3. The van der Waals surface area contributed by atoms with Gasteiger partial charge in [-0.25, -0.2) is 4.68 Å². The summed E-state index contributed by atoms with van der Waals surface area (Å²) in [6.07, 6.45) is 2.44. The van der Waals surface area contributed by atoms with Crippen LogP contribution in [0.25, 0.3) is 11.8 Å². The van der Waals surface area contributed by atoms with Crippen LogP contribution in [0.15, 0.2) is 75.2 Å². The first kappa shape index (κ1) is 33.2. The summed E-state index contributed by atoms with van der Waals surface area (Å²) in [5, 5.41) is 10.1. The lowest BCUT2D eigenvalue weighted by Gasteiger charge is -2.38. The Kier molecular flexibility index (Phi) is 9.55. The molecule has 1 amide bonds. The number of rotatable bonds is 8. The van der Waals surface area contributed by atoms with Crippen molar-refractivity contribution in [1.29, 1.82) is 5.26 Å². The van der Waals surface area contributed by atoms with Crippen molar-refractivity contribution in [3.05, 3.63) is 114 Å². The van der Waals surface area contributed by atoms with E-state index in [1.165, 1.54) is 15.1 Å². The Morgan fingerprint density at radius 1 is 0.938 bits per heavy atom. The van der Waals surface area contributed by atoms with Gasteiger partial charge in [-0.15, -0.1) is 0 Å². The smallest absolute Gasteiger partial charge is 0.296 e. The molecule has 0 spiro atoms. The zero-order chi connectivity index (χ0) is 34.1. The molecule has 2 aliphatic rings. The van der Waals surface area contributed by atoms with Crippen LogP contribution in [0.2, 0.25) is 0 Å². The van der Waals surface area contributed by atoms with Gasteiger partial charge in [0.15, 0.2) is 4.32 Å². The third kappa shape index (κ3) is 5.94. The number of benzene rings is 2. The Bertz CT molecular complexity index is 2080. The van der Waals surface area contributed by atoms with Crippen molar-refractivity contribution >= 4 is 51.8 Å². The van der Waals surface area contributed by atoms with Gasteiger partial charge < -0.3 is 4.90 Å². The molecule has 0 unspecified atom stereocenters. The van der Waals surface area contributed by atoms with Crippen LogP contribution >= 0.6 is 24.0 Å². The van der Waals surface area contributed by atoms with Crippen LogP contribution in [0.1, 0.15) is 41.3 Å². The van der Waals surface area contributed by atoms with E-state index in [0.717, 1.165) is 31.4 Å². The fraction of sp³-hybridized carbons (Fsp3) is 0.306. The number of piperazine rings is 1. The van der Waals surface area contributed by atoms with Gasteiger partial charge in [-0.1, -0.05) is 79.4 Å². The van der Waals surface area contributed by atoms with E-state index >= 15 is 0 Å². The second kappa shape index (κ2) is 13.8. The zero-order valence-electron chi connectivity index (χ0n) is 27.5. The van der Waals surface area contributed by atoms with E-state index in [1.807, 2.05) is 55.5 Å². The van der Waals surface area contributed by atoms with Gasteiger partial charge in [-0.2, -0.15) is 5.26 Å². The molecule has 6 rings (SSSR count). The fourth-order valence-electron chi connectivity index (χ4n) is 6.48. The number of amides is 1. The molecule has 4 aromatic rings. The lowest BCUT2D eigenvalue weighted by molar-refractivity contribution is -0.113. The van der Waals surface area contributed by atoms with Crippen molar-refractivity contribution in [3.63, 3.8) is 0 Å². The number of carbonyl (C=O) groups excluding carboxylic acids is 1. The second-order valence-electron chi connectivity index (χ2n) is 12.0. The molecule has 0 bridgehead atoms. The molecule has 48 heavy (non-hydrogen) atoms. The molecule has 2 saturated heterocycles. The Morgan fingerprint density at radius 3 is 2.21 bits per heavy atom. The van der Waals surface area contributed by atoms with Gasteiger partial charge in [-0.05, 0) is 49.6 Å². The second-order valence-corrected chi connectivity index (χ2v) is 13.7. The lowest BCUT2D eigenvalue weighted by Crippen LogP contribution is -2.48. The van der Waals surface area contributed by atoms with E-state index in [4.69, 9.17) is 12.2 Å². The lowest BCUT2D eigenvalue weighted by atomic mass is 10.0. The number of thiocarbonyl (C=S) groups is 1. The van der Waals surface area contributed by atoms with E-state index in [0.29, 0.717) is 59.3 Å². The Morgan fingerprint density at radius 2 is 1.58 bits per heavy atom. The van der Waals surface area contributed by atoms with Gasteiger partial charge >= 0.3 is 0 Å². The number of nitrogens with zero attached hydrogens (tertiary/aromatic N) is 7. The summed E-state index contributed by atoms with van der Waals surface area (Å²) in [6.45, 7) is 9.73. The minimum Gasteiger partial charge on any atom is -0.355 e. The highest BCUT2D eigenvalue weighted by Gasteiger charge is 2.38. The fourth-order valence-corrected chi connectivity index (χ4v) is 7.73. The van der Waals surface area contributed by atoms with Crippen molar-refractivity contribution in [3.8, 4) is 11.8 Å². The van der Waals surface area contributed by atoms with Crippen molar-refractivity contribution in [2.75, 3.05) is 36.0 Å². The van der Waals surface area contributed by atoms with Gasteiger partial charge in [0.25, 0.3) is 17.0 Å². The number of hydrogen-bond donors (Lipinski definition) is 0. The van der Waals surface area contributed by atoms with Crippen LogP contribution in [-0.4, -0.2) is 55.2 Å². The number of carbonyl (C=O) groups is 1. The predicted molar refractivity (Wildman–Crippen MR) is 196 cm³/mol. The van der Waals surface area contributed by atoms with Crippen LogP contribution in [0.3, 0.4) is 0 Å². The minimum atomic E-state index is -0.416. The van der Waals surface area contributed by atoms with Crippen molar-refractivity contribution < 1.29 is 4.79 Å². The third-order valence-corrected chi connectivity index (χ3v) is 10.3. The Labute approximate surface area is 289 Å². The van der Waals surface area contributed by atoms with Crippen LogP contribution in [0.5, 0.6) is 0 Å². The average molecular weight is 680 g/mol. The number of pyridine rings is 1. The first-order valence-electron chi connectivity index (χ1n) is 16.0. The van der Waals surface area contributed by atoms with E-state index in [9.17, 15) is 19.6 Å². The third-order valence-electron chi connectivity index (χ3n) is 9.03. The van der Waals surface area contributed by atoms with E-state index < -0.39 is 5.91 Å². The number of nitriles is 1. The van der Waals surface area contributed by atoms with Crippen molar-refractivity contribution in [2.45, 2.75) is 40.3 Å². The Hall–Kier alpha value is -4.70. The predicted octanol–water partition coefficient (Wildman–Crippen LogP) is 4.96. The SMILES string of the molecule is CCCn1c(N2CCN(Cc3ccccc3)CC2)c(/C=C2/SC(=S)N(c3c(C)n(C)n(-c4ccccc4)c3=O)C2=O)c(C)c(C#N)c1=O. The maximum atomic E-state index is 14.2. The van der Waals surface area contributed by atoms with Gasteiger partial charge in [0.1, 0.15) is 23.1 Å². The molecule has 12 heteroatoms. The van der Waals surface area contributed by atoms with E-state index in [2.05, 4.69) is 28.0 Å². The zero-order valence-corrected chi connectivity index (χ0v) is 29.1. The molecule has 10 nitrogen and oxygen atoms in total. The molecule has 246 valence electrons. The highest BCUT2D eigenvalue weighted by molar-refractivity contribution is 8.27. The van der Waals surface area contributed by atoms with Gasteiger partial charge in [-0.3, -0.25) is 33.4 Å². The normalized spacial score (nSPS) is 16.3. The molecule has 0 radical (unpaired) electrons. The molecule has 2 aromatic carbocycles. The standard InChI is InChI=1S/C36H37N7O3S2/c1-5-16-41-32(40-19-17-39(18-20-40)23-26-12-8-6-9-13-26)28(24(2)29(22-37)33(41)44)21-30-34(45)42(36(47)48-30)31-25(3)38(4)43(35(31)46)27-14-10-7-11-15-27/h6-15,21H,5,16-20,23H2,1-4H3/b30-21+. The monoisotopic (exact) mass is 679 g/mol. The van der Waals surface area contributed by atoms with Gasteiger partial charge in [0.2, 0.25) is 0 Å². The molecule has 2 aromatic heterocycles. The highest BCUT2D eigenvalue weighted by atomic mass is 32.2. The Balaban J connectivity index is 1.40. The summed E-state index contributed by atoms with van der Waals surface area (Å²) in [6, 6.07) is 21.7. The highest BCUT2D eigenvalue weighted by Crippen LogP contribution is 2.38. The summed E-state index contributed by atoms with van der Waals surface area (Å²) >= 11 is 6.84. The summed E-state index contributed by atoms with van der Waals surface area (Å²) in [5.74, 6) is 0.283. The molecule has 4 heterocycles. The van der Waals surface area contributed by atoms with Crippen molar-refractivity contribution in [2.24, 2.45) is 7.05 Å². The quantitative estimate of drug-likeness (QED) is 0.190. The molecule has 2 aliphatic heterocycles. The summed E-state index contributed by atoms with van der Waals surface area (Å²) in [4.78, 5) is 47.9. The summed E-state index contributed by atoms with van der Waals surface area (Å²) in [5.41, 5.74) is 3.24. The number of thioether (sulfide) groups is 1. The first-order valence-corrected chi connectivity index (χ1v) is 17.2. The topological polar surface area (TPSA) is 99.5 Å². The average Bonchev–Trinajstić information content (AvgIpc) is 3.48. The van der Waals surface area contributed by atoms with Crippen LogP contribution in [0, 0.1) is 25.2 Å². The van der Waals surface area contributed by atoms with E-state index in [1.54, 1.807) is 36.2 Å². The van der Waals surface area contributed by atoms with E-state index in [-0.39, 0.29) is 26.7 Å². The first-order chi connectivity index (χ1) is 23.2. The van der Waals surface area contributed by atoms with Crippen LogP contribution in [0.4, 0.5) is 11.5 Å². The van der Waals surface area contributed by atoms with Crippen LogP contribution < -0.4 is 20.9 Å². The molecule has 0 atom stereocenters. The van der Waals surface area contributed by atoms with Crippen LogP contribution in [-0.2, 0) is 24.9 Å².